The monoisotopic (exact) mass is 227 g/mol. The number of nitrogens with zero attached hydrogens (tertiary/aromatic N) is 2. The molecule has 2 aliphatic heterocycles. The van der Waals surface area contributed by atoms with Crippen LogP contribution in [0.5, 0.6) is 0 Å². The quantitative estimate of drug-likeness (QED) is 0.772. The fourth-order valence-corrected chi connectivity index (χ4v) is 2.80. The predicted octanol–water partition coefficient (Wildman–Crippen LogP) is 1.24. The average molecular weight is 227 g/mol. The largest absolute Gasteiger partial charge is 0.303 e. The van der Waals surface area contributed by atoms with Crippen LogP contribution in [-0.2, 0) is 4.79 Å². The molecule has 5 heteroatoms. The maximum Gasteiger partial charge on any atom is 0.239 e. The van der Waals surface area contributed by atoms with E-state index >= 15 is 0 Å². The van der Waals surface area contributed by atoms with Crippen molar-refractivity contribution in [1.29, 1.82) is 0 Å². The van der Waals surface area contributed by atoms with Crippen LogP contribution in [0.3, 0.4) is 0 Å². The van der Waals surface area contributed by atoms with Gasteiger partial charge in [0.25, 0.3) is 0 Å². The minimum absolute atomic E-state index is 0.0337. The molecule has 0 radical (unpaired) electrons. The summed E-state index contributed by atoms with van der Waals surface area (Å²) >= 11 is 1.56. The first-order valence-electron chi connectivity index (χ1n) is 5.48. The third kappa shape index (κ3) is 2.45. The van der Waals surface area contributed by atoms with Crippen LogP contribution in [0.15, 0.2) is 5.10 Å². The van der Waals surface area contributed by atoms with Gasteiger partial charge in [0.05, 0.1) is 5.25 Å². The molecular formula is C10H17N3OS. The Morgan fingerprint density at radius 2 is 2.13 bits per heavy atom. The van der Waals surface area contributed by atoms with E-state index < -0.39 is 0 Å². The molecule has 0 aromatic carbocycles. The highest BCUT2D eigenvalue weighted by Gasteiger charge is 2.33. The van der Waals surface area contributed by atoms with E-state index in [1.54, 1.807) is 11.8 Å². The van der Waals surface area contributed by atoms with Crippen molar-refractivity contribution in [1.82, 2.24) is 10.3 Å². The lowest BCUT2D eigenvalue weighted by Gasteiger charge is -2.10. The molecule has 0 saturated carbocycles. The summed E-state index contributed by atoms with van der Waals surface area (Å²) in [6, 6.07) is 0. The van der Waals surface area contributed by atoms with Crippen LogP contribution < -0.4 is 5.32 Å². The van der Waals surface area contributed by atoms with E-state index in [0.717, 1.165) is 18.3 Å². The SMILES string of the molecule is CC(C)C1SC(=NN2CCCC2)NC1=O. The van der Waals surface area contributed by atoms with E-state index in [0.29, 0.717) is 5.92 Å². The minimum atomic E-state index is 0.0337. The molecule has 2 fully saturated rings. The second kappa shape index (κ2) is 4.43. The number of thioether (sulfide) groups is 1. The summed E-state index contributed by atoms with van der Waals surface area (Å²) in [4.78, 5) is 11.6. The zero-order valence-electron chi connectivity index (χ0n) is 9.19. The molecule has 1 N–H and O–H groups in total. The van der Waals surface area contributed by atoms with E-state index in [9.17, 15) is 4.79 Å². The van der Waals surface area contributed by atoms with Gasteiger partial charge < -0.3 is 5.32 Å². The van der Waals surface area contributed by atoms with E-state index in [2.05, 4.69) is 24.3 Å². The first-order valence-corrected chi connectivity index (χ1v) is 6.36. The maximum atomic E-state index is 11.6. The Bertz CT molecular complexity index is 284. The fraction of sp³-hybridized carbons (Fsp3) is 0.800. The lowest BCUT2D eigenvalue weighted by molar-refractivity contribution is -0.119. The van der Waals surface area contributed by atoms with Gasteiger partial charge in [0.2, 0.25) is 5.91 Å². The number of amides is 1. The normalized spacial score (nSPS) is 29.3. The average Bonchev–Trinajstić information content (AvgIpc) is 2.75. The van der Waals surface area contributed by atoms with Gasteiger partial charge in [-0.25, -0.2) is 0 Å². The van der Waals surface area contributed by atoms with Gasteiger partial charge in [0.1, 0.15) is 0 Å². The van der Waals surface area contributed by atoms with E-state index in [-0.39, 0.29) is 11.2 Å². The molecule has 2 aliphatic rings. The molecule has 0 aliphatic carbocycles. The standard InChI is InChI=1S/C10H17N3OS/c1-7(2)8-9(14)11-10(15-8)12-13-5-3-4-6-13/h7-8H,3-6H2,1-2H3,(H,11,12,14). The van der Waals surface area contributed by atoms with Gasteiger partial charge in [-0.3, -0.25) is 9.80 Å². The van der Waals surface area contributed by atoms with Gasteiger partial charge in [-0.05, 0) is 18.8 Å². The Hall–Kier alpha value is -0.710. The Kier molecular flexibility index (Phi) is 3.19. The lowest BCUT2D eigenvalue weighted by Crippen LogP contribution is -2.28. The van der Waals surface area contributed by atoms with Crippen molar-refractivity contribution >= 4 is 22.8 Å². The van der Waals surface area contributed by atoms with Crippen LogP contribution >= 0.6 is 11.8 Å². The summed E-state index contributed by atoms with van der Waals surface area (Å²) < 4.78 is 0. The number of amidine groups is 1. The van der Waals surface area contributed by atoms with Gasteiger partial charge >= 0.3 is 0 Å². The highest BCUT2D eigenvalue weighted by molar-refractivity contribution is 8.15. The van der Waals surface area contributed by atoms with Crippen LogP contribution in [0.4, 0.5) is 0 Å². The van der Waals surface area contributed by atoms with Crippen molar-refractivity contribution < 1.29 is 4.79 Å². The topological polar surface area (TPSA) is 44.7 Å². The second-order valence-corrected chi connectivity index (χ2v) is 5.47. The van der Waals surface area contributed by atoms with Crippen LogP contribution in [0.25, 0.3) is 0 Å². The van der Waals surface area contributed by atoms with Crippen molar-refractivity contribution in [3.05, 3.63) is 0 Å². The van der Waals surface area contributed by atoms with Crippen LogP contribution in [0.1, 0.15) is 26.7 Å². The molecule has 2 saturated heterocycles. The number of hydrogen-bond donors (Lipinski definition) is 1. The van der Waals surface area contributed by atoms with Crippen molar-refractivity contribution in [3.63, 3.8) is 0 Å². The summed E-state index contributed by atoms with van der Waals surface area (Å²) in [5.74, 6) is 0.467. The fourth-order valence-electron chi connectivity index (χ4n) is 1.80. The maximum absolute atomic E-state index is 11.6. The molecule has 2 rings (SSSR count). The summed E-state index contributed by atoms with van der Waals surface area (Å²) in [7, 11) is 0. The van der Waals surface area contributed by atoms with Crippen molar-refractivity contribution in [2.75, 3.05) is 13.1 Å². The predicted molar refractivity (Wildman–Crippen MR) is 62.6 cm³/mol. The van der Waals surface area contributed by atoms with Crippen molar-refractivity contribution in [2.45, 2.75) is 31.9 Å². The summed E-state index contributed by atoms with van der Waals surface area (Å²) in [5.41, 5.74) is 0. The number of hydrazone groups is 1. The molecular weight excluding hydrogens is 210 g/mol. The Morgan fingerprint density at radius 1 is 1.47 bits per heavy atom. The van der Waals surface area contributed by atoms with E-state index in [1.807, 2.05) is 5.01 Å². The van der Waals surface area contributed by atoms with Gasteiger partial charge in [-0.2, -0.15) is 5.10 Å². The molecule has 1 unspecified atom stereocenters. The number of carbonyl (C=O) groups is 1. The third-order valence-electron chi connectivity index (χ3n) is 2.65. The number of rotatable bonds is 2. The molecule has 0 bridgehead atoms. The summed E-state index contributed by atoms with van der Waals surface area (Å²) in [6.45, 7) is 6.17. The number of hydrogen-bond acceptors (Lipinski definition) is 4. The van der Waals surface area contributed by atoms with Gasteiger partial charge in [-0.1, -0.05) is 25.6 Å². The smallest absolute Gasteiger partial charge is 0.239 e. The molecule has 15 heavy (non-hydrogen) atoms. The van der Waals surface area contributed by atoms with Crippen molar-refractivity contribution in [3.8, 4) is 0 Å². The Morgan fingerprint density at radius 3 is 2.67 bits per heavy atom. The van der Waals surface area contributed by atoms with Crippen LogP contribution in [0.2, 0.25) is 0 Å². The molecule has 0 spiro atoms. The molecule has 4 nitrogen and oxygen atoms in total. The molecule has 0 aromatic rings. The molecule has 1 amide bonds. The molecule has 84 valence electrons. The zero-order chi connectivity index (χ0) is 10.8. The lowest BCUT2D eigenvalue weighted by atomic mass is 10.1. The Labute approximate surface area is 94.5 Å². The number of carbonyl (C=O) groups excluding carboxylic acids is 1. The second-order valence-electron chi connectivity index (χ2n) is 4.34. The van der Waals surface area contributed by atoms with Crippen molar-refractivity contribution in [2.24, 2.45) is 11.0 Å². The zero-order valence-corrected chi connectivity index (χ0v) is 10.0. The van der Waals surface area contributed by atoms with Gasteiger partial charge in [0, 0.05) is 13.1 Å². The van der Waals surface area contributed by atoms with E-state index in [4.69, 9.17) is 0 Å². The van der Waals surface area contributed by atoms with E-state index in [1.165, 1.54) is 12.8 Å². The molecule has 2 heterocycles. The highest BCUT2D eigenvalue weighted by Crippen LogP contribution is 2.26. The summed E-state index contributed by atoms with van der Waals surface area (Å²) in [5, 5.41) is 10.1. The van der Waals surface area contributed by atoms with Gasteiger partial charge in [-0.15, -0.1) is 0 Å². The first kappa shape index (κ1) is 10.8. The van der Waals surface area contributed by atoms with Gasteiger partial charge in [0.15, 0.2) is 5.17 Å². The van der Waals surface area contributed by atoms with Crippen LogP contribution in [-0.4, -0.2) is 34.4 Å². The Balaban J connectivity index is 1.98. The number of nitrogens with one attached hydrogen (secondary N) is 1. The molecule has 0 aromatic heterocycles. The summed E-state index contributed by atoms with van der Waals surface area (Å²) in [6.07, 6.45) is 2.42. The van der Waals surface area contributed by atoms with Crippen LogP contribution in [0, 0.1) is 5.92 Å². The molecule has 1 atom stereocenters. The highest BCUT2D eigenvalue weighted by atomic mass is 32.2. The minimum Gasteiger partial charge on any atom is -0.303 e. The third-order valence-corrected chi connectivity index (χ3v) is 4.07. The first-order chi connectivity index (χ1) is 7.16.